The van der Waals surface area contributed by atoms with Crippen LogP contribution in [0.4, 0.5) is 10.5 Å². The molecular formula is C25H25N3O2. The second-order valence-electron chi connectivity index (χ2n) is 7.93. The number of benzene rings is 3. The fourth-order valence-corrected chi connectivity index (χ4v) is 4.63. The first-order valence-electron chi connectivity index (χ1n) is 10.3. The van der Waals surface area contributed by atoms with E-state index in [2.05, 4.69) is 59.2 Å². The van der Waals surface area contributed by atoms with Gasteiger partial charge in [-0.3, -0.25) is 0 Å². The van der Waals surface area contributed by atoms with Crippen LogP contribution in [0.5, 0.6) is 5.75 Å². The van der Waals surface area contributed by atoms with Crippen LogP contribution in [-0.4, -0.2) is 43.2 Å². The van der Waals surface area contributed by atoms with Crippen molar-refractivity contribution in [1.82, 2.24) is 10.2 Å². The number of hydrogen-bond donors (Lipinski definition) is 2. The van der Waals surface area contributed by atoms with Gasteiger partial charge in [0.1, 0.15) is 5.75 Å². The number of hydrogen-bond acceptors (Lipinski definition) is 3. The molecule has 5 nitrogen and oxygen atoms in total. The van der Waals surface area contributed by atoms with Crippen LogP contribution in [0.3, 0.4) is 0 Å². The lowest BCUT2D eigenvalue weighted by Gasteiger charge is -2.54. The first kappa shape index (κ1) is 18.7. The maximum atomic E-state index is 12.8. The number of piperidine rings is 1. The van der Waals surface area contributed by atoms with E-state index in [9.17, 15) is 4.79 Å². The van der Waals surface area contributed by atoms with Crippen LogP contribution in [0.2, 0.25) is 0 Å². The van der Waals surface area contributed by atoms with Gasteiger partial charge in [0.25, 0.3) is 0 Å². The zero-order valence-corrected chi connectivity index (χ0v) is 16.9. The van der Waals surface area contributed by atoms with E-state index in [1.54, 1.807) is 7.11 Å². The molecule has 3 fully saturated rings. The van der Waals surface area contributed by atoms with Crippen molar-refractivity contribution < 1.29 is 9.53 Å². The van der Waals surface area contributed by atoms with Gasteiger partial charge in [0.05, 0.1) is 12.8 Å². The number of carbonyl (C=O) groups is 1. The second kappa shape index (κ2) is 7.84. The van der Waals surface area contributed by atoms with Crippen LogP contribution >= 0.6 is 0 Å². The van der Waals surface area contributed by atoms with Gasteiger partial charge in [-0.05, 0) is 28.8 Å². The van der Waals surface area contributed by atoms with E-state index in [1.165, 1.54) is 16.7 Å². The number of fused-ring (bicyclic) bond motifs is 2. The zero-order valence-electron chi connectivity index (χ0n) is 16.9. The molecule has 3 atom stereocenters. The van der Waals surface area contributed by atoms with Gasteiger partial charge in [-0.2, -0.15) is 0 Å². The number of para-hydroxylation sites is 2. The van der Waals surface area contributed by atoms with Gasteiger partial charge in [-0.1, -0.05) is 66.7 Å². The number of ether oxygens (including phenoxy) is 1. The molecule has 3 heterocycles. The van der Waals surface area contributed by atoms with E-state index in [0.29, 0.717) is 30.4 Å². The topological polar surface area (TPSA) is 53.6 Å². The average Bonchev–Trinajstić information content (AvgIpc) is 2.80. The Morgan fingerprint density at radius 1 is 0.900 bits per heavy atom. The number of methoxy groups -OCH3 is 1. The molecule has 3 aromatic rings. The predicted octanol–water partition coefficient (Wildman–Crippen LogP) is 4.33. The Hall–Kier alpha value is -3.31. The van der Waals surface area contributed by atoms with Gasteiger partial charge in [0.15, 0.2) is 0 Å². The van der Waals surface area contributed by atoms with Crippen LogP contribution in [0.15, 0.2) is 78.9 Å². The van der Waals surface area contributed by atoms with Crippen molar-refractivity contribution >= 4 is 11.7 Å². The van der Waals surface area contributed by atoms with Gasteiger partial charge < -0.3 is 20.3 Å². The van der Waals surface area contributed by atoms with Crippen LogP contribution in [-0.2, 0) is 0 Å². The Bertz CT molecular complexity index is 1020. The number of nitrogens with one attached hydrogen (secondary N) is 2. The summed E-state index contributed by atoms with van der Waals surface area (Å²) in [6, 6.07) is 27.3. The smallest absolute Gasteiger partial charge is 0.322 e. The van der Waals surface area contributed by atoms with Crippen molar-refractivity contribution in [1.29, 1.82) is 0 Å². The molecule has 0 aliphatic carbocycles. The lowest BCUT2D eigenvalue weighted by molar-refractivity contribution is 0.0759. The quantitative estimate of drug-likeness (QED) is 0.686. The molecule has 5 heteroatoms. The maximum Gasteiger partial charge on any atom is 0.322 e. The molecule has 152 valence electrons. The summed E-state index contributed by atoms with van der Waals surface area (Å²) in [5.74, 6) is 1.12. The summed E-state index contributed by atoms with van der Waals surface area (Å²) in [6.07, 6.45) is 0. The number of nitrogens with zero attached hydrogens (tertiary/aromatic N) is 1. The van der Waals surface area contributed by atoms with E-state index < -0.39 is 0 Å². The Morgan fingerprint density at radius 2 is 1.53 bits per heavy atom. The number of amides is 2. The SMILES string of the molecule is COc1ccccc1NC(=O)N1C[C@@H]2N[C@H](C1)C2c1ccc(-c2ccccc2)cc1. The van der Waals surface area contributed by atoms with E-state index >= 15 is 0 Å². The summed E-state index contributed by atoms with van der Waals surface area (Å²) in [4.78, 5) is 14.7. The van der Waals surface area contributed by atoms with Crippen molar-refractivity contribution in [2.24, 2.45) is 0 Å². The van der Waals surface area contributed by atoms with Crippen LogP contribution < -0.4 is 15.4 Å². The van der Waals surface area contributed by atoms with Crippen molar-refractivity contribution in [3.05, 3.63) is 84.4 Å². The Labute approximate surface area is 176 Å². The van der Waals surface area contributed by atoms with Gasteiger partial charge in [-0.15, -0.1) is 0 Å². The minimum atomic E-state index is -0.0751. The van der Waals surface area contributed by atoms with Crippen molar-refractivity contribution in [2.75, 3.05) is 25.5 Å². The van der Waals surface area contributed by atoms with E-state index in [0.717, 1.165) is 0 Å². The monoisotopic (exact) mass is 399 g/mol. The highest BCUT2D eigenvalue weighted by atomic mass is 16.5. The average molecular weight is 399 g/mol. The number of anilines is 1. The lowest BCUT2D eigenvalue weighted by Crippen LogP contribution is -2.72. The molecule has 0 saturated carbocycles. The molecule has 2 bridgehead atoms. The molecule has 0 spiro atoms. The highest BCUT2D eigenvalue weighted by Crippen LogP contribution is 2.38. The molecule has 6 rings (SSSR count). The van der Waals surface area contributed by atoms with Crippen LogP contribution in [0.1, 0.15) is 11.5 Å². The fourth-order valence-electron chi connectivity index (χ4n) is 4.63. The maximum absolute atomic E-state index is 12.8. The molecule has 2 amide bonds. The molecule has 3 saturated heterocycles. The molecule has 3 aliphatic rings. The third-order valence-corrected chi connectivity index (χ3v) is 6.17. The first-order chi connectivity index (χ1) is 14.7. The minimum Gasteiger partial charge on any atom is -0.495 e. The molecule has 3 aliphatic heterocycles. The van der Waals surface area contributed by atoms with Gasteiger partial charge in [-0.25, -0.2) is 4.79 Å². The lowest BCUT2D eigenvalue weighted by atomic mass is 9.74. The molecule has 0 aromatic heterocycles. The van der Waals surface area contributed by atoms with Gasteiger partial charge in [0, 0.05) is 31.1 Å². The van der Waals surface area contributed by atoms with Gasteiger partial charge in [0.2, 0.25) is 0 Å². The number of piperazine rings is 1. The largest absolute Gasteiger partial charge is 0.495 e. The molecule has 3 aromatic carbocycles. The summed E-state index contributed by atoms with van der Waals surface area (Å²) in [5, 5.41) is 6.59. The second-order valence-corrected chi connectivity index (χ2v) is 7.93. The summed E-state index contributed by atoms with van der Waals surface area (Å²) < 4.78 is 5.33. The van der Waals surface area contributed by atoms with Crippen molar-refractivity contribution in [3.8, 4) is 16.9 Å². The third kappa shape index (κ3) is 3.42. The molecular weight excluding hydrogens is 374 g/mol. The summed E-state index contributed by atoms with van der Waals surface area (Å²) in [6.45, 7) is 1.39. The Balaban J connectivity index is 1.24. The minimum absolute atomic E-state index is 0.0751. The fraction of sp³-hybridized carbons (Fsp3) is 0.240. The Morgan fingerprint density at radius 3 is 2.23 bits per heavy atom. The number of carbonyl (C=O) groups excluding carboxylic acids is 1. The highest BCUT2D eigenvalue weighted by Gasteiger charge is 2.48. The molecule has 30 heavy (non-hydrogen) atoms. The standard InChI is InChI=1S/C25H25N3O2/c1-30-23-10-6-5-9-20(23)27-25(29)28-15-21-24(22(16-28)26-21)19-13-11-18(12-14-19)17-7-3-2-4-8-17/h2-14,21-22,24,26H,15-16H2,1H3,(H,27,29)/t21-,22+,24?. The summed E-state index contributed by atoms with van der Waals surface area (Å²) in [5.41, 5.74) is 4.50. The normalized spacial score (nSPS) is 22.2. The van der Waals surface area contributed by atoms with E-state index in [4.69, 9.17) is 4.74 Å². The summed E-state index contributed by atoms with van der Waals surface area (Å²) >= 11 is 0. The van der Waals surface area contributed by atoms with E-state index in [-0.39, 0.29) is 18.1 Å². The first-order valence-corrected chi connectivity index (χ1v) is 10.3. The molecule has 2 N–H and O–H groups in total. The highest BCUT2D eigenvalue weighted by molar-refractivity contribution is 5.91. The van der Waals surface area contributed by atoms with E-state index in [1.807, 2.05) is 35.2 Å². The van der Waals surface area contributed by atoms with Gasteiger partial charge >= 0.3 is 6.03 Å². The van der Waals surface area contributed by atoms with Crippen molar-refractivity contribution in [2.45, 2.75) is 18.0 Å². The number of urea groups is 1. The van der Waals surface area contributed by atoms with Crippen LogP contribution in [0, 0.1) is 0 Å². The van der Waals surface area contributed by atoms with Crippen molar-refractivity contribution in [3.63, 3.8) is 0 Å². The third-order valence-electron chi connectivity index (χ3n) is 6.17. The molecule has 1 unspecified atom stereocenters. The van der Waals surface area contributed by atoms with Crippen LogP contribution in [0.25, 0.3) is 11.1 Å². The zero-order chi connectivity index (χ0) is 20.5. The Kier molecular flexibility index (Phi) is 4.89. The predicted molar refractivity (Wildman–Crippen MR) is 119 cm³/mol. The summed E-state index contributed by atoms with van der Waals surface area (Å²) in [7, 11) is 1.61. The molecule has 0 radical (unpaired) electrons. The number of rotatable bonds is 4.